The molecule has 0 saturated heterocycles. The molecule has 1 aliphatic rings. The molecular weight excluding hydrogens is 318 g/mol. The molecule has 1 amide bonds. The molecule has 0 aromatic carbocycles. The third-order valence-electron chi connectivity index (χ3n) is 3.59. The maximum Gasteiger partial charge on any atom is 0.272 e. The molecule has 1 aliphatic heterocycles. The van der Waals surface area contributed by atoms with Crippen LogP contribution in [0.1, 0.15) is 34.2 Å². The molecule has 0 atom stereocenters. The molecule has 0 unspecified atom stereocenters. The third-order valence-corrected chi connectivity index (χ3v) is 3.59. The van der Waals surface area contributed by atoms with Crippen LogP contribution < -0.4 is 15.4 Å². The molecule has 0 radical (unpaired) electrons. The lowest BCUT2D eigenvalue weighted by molar-refractivity contribution is 0.0944. The third kappa shape index (κ3) is 3.80. The second-order valence-corrected chi connectivity index (χ2v) is 5.04. The van der Waals surface area contributed by atoms with Gasteiger partial charge in [0.15, 0.2) is 5.69 Å². The van der Waals surface area contributed by atoms with Gasteiger partial charge >= 0.3 is 0 Å². The van der Waals surface area contributed by atoms with Gasteiger partial charge in [-0.1, -0.05) is 6.07 Å². The Balaban J connectivity index is 0.00000192. The van der Waals surface area contributed by atoms with E-state index < -0.39 is 0 Å². The largest absolute Gasteiger partial charge is 0.478 e. The summed E-state index contributed by atoms with van der Waals surface area (Å²) in [6.45, 7) is 4.38. The number of nitrogens with one attached hydrogen (secondary N) is 3. The summed E-state index contributed by atoms with van der Waals surface area (Å²) in [5.74, 6) is 0.364. The van der Waals surface area contributed by atoms with Gasteiger partial charge in [-0.3, -0.25) is 9.89 Å². The monoisotopic (exact) mass is 337 g/mol. The van der Waals surface area contributed by atoms with Crippen molar-refractivity contribution in [1.29, 1.82) is 0 Å². The lowest BCUT2D eigenvalue weighted by atomic mass is 10.1. The second kappa shape index (κ2) is 7.94. The van der Waals surface area contributed by atoms with E-state index in [-0.39, 0.29) is 18.3 Å². The summed E-state index contributed by atoms with van der Waals surface area (Å²) >= 11 is 0. The van der Waals surface area contributed by atoms with Crippen LogP contribution in [0.15, 0.2) is 18.3 Å². The first-order valence-corrected chi connectivity index (χ1v) is 7.41. The van der Waals surface area contributed by atoms with E-state index in [1.807, 2.05) is 19.1 Å². The van der Waals surface area contributed by atoms with Crippen molar-refractivity contribution in [3.8, 4) is 5.88 Å². The molecule has 3 rings (SSSR count). The fourth-order valence-corrected chi connectivity index (χ4v) is 2.50. The first kappa shape index (κ1) is 17.2. The highest BCUT2D eigenvalue weighted by atomic mass is 35.5. The first-order valence-electron chi connectivity index (χ1n) is 7.41. The Kier molecular flexibility index (Phi) is 5.95. The Bertz CT molecular complexity index is 674. The summed E-state index contributed by atoms with van der Waals surface area (Å²) in [5, 5.41) is 13.2. The Morgan fingerprint density at radius 1 is 1.48 bits per heavy atom. The molecule has 0 fully saturated rings. The highest BCUT2D eigenvalue weighted by Crippen LogP contribution is 2.17. The zero-order chi connectivity index (χ0) is 15.4. The van der Waals surface area contributed by atoms with Crippen molar-refractivity contribution in [3.63, 3.8) is 0 Å². The molecule has 8 heteroatoms. The topological polar surface area (TPSA) is 91.9 Å². The average molecular weight is 338 g/mol. The van der Waals surface area contributed by atoms with E-state index in [1.54, 1.807) is 6.20 Å². The number of fused-ring (bicyclic) bond motifs is 1. The van der Waals surface area contributed by atoms with Gasteiger partial charge in [0.25, 0.3) is 5.91 Å². The SMILES string of the molecule is CCOc1ncccc1CNC(=O)c1n[nH]c2c1CNCC2.Cl. The predicted molar refractivity (Wildman–Crippen MR) is 87.8 cm³/mol. The van der Waals surface area contributed by atoms with Gasteiger partial charge in [-0.2, -0.15) is 5.10 Å². The fraction of sp³-hybridized carbons (Fsp3) is 0.400. The number of halogens is 1. The maximum absolute atomic E-state index is 12.3. The molecule has 0 spiro atoms. The van der Waals surface area contributed by atoms with E-state index >= 15 is 0 Å². The van der Waals surface area contributed by atoms with Gasteiger partial charge in [0.1, 0.15) is 0 Å². The zero-order valence-corrected chi connectivity index (χ0v) is 13.7. The van der Waals surface area contributed by atoms with Crippen molar-refractivity contribution in [2.24, 2.45) is 0 Å². The average Bonchev–Trinajstić information content (AvgIpc) is 2.98. The van der Waals surface area contributed by atoms with Crippen molar-refractivity contribution < 1.29 is 9.53 Å². The standard InChI is InChI=1S/C15H19N5O2.ClH/c1-2-22-15-10(4-3-6-17-15)8-18-14(21)13-11-9-16-7-5-12(11)19-20-13;/h3-4,6,16H,2,5,7-9H2,1H3,(H,18,21)(H,19,20);1H. The Labute approximate surface area is 140 Å². The van der Waals surface area contributed by atoms with E-state index in [0.717, 1.165) is 29.8 Å². The predicted octanol–water partition coefficient (Wildman–Crippen LogP) is 1.20. The molecule has 0 saturated carbocycles. The number of ether oxygens (including phenoxy) is 1. The maximum atomic E-state index is 12.3. The molecule has 2 aromatic heterocycles. The first-order chi connectivity index (χ1) is 10.8. The highest BCUT2D eigenvalue weighted by Gasteiger charge is 2.21. The summed E-state index contributed by atoms with van der Waals surface area (Å²) in [6, 6.07) is 3.71. The molecule has 7 nitrogen and oxygen atoms in total. The van der Waals surface area contributed by atoms with Crippen molar-refractivity contribution in [2.45, 2.75) is 26.4 Å². The van der Waals surface area contributed by atoms with Crippen LogP contribution in [0.5, 0.6) is 5.88 Å². The number of nitrogens with zero attached hydrogens (tertiary/aromatic N) is 2. The summed E-state index contributed by atoms with van der Waals surface area (Å²) in [5.41, 5.74) is 3.31. The van der Waals surface area contributed by atoms with Gasteiger partial charge in [-0.25, -0.2) is 4.98 Å². The lowest BCUT2D eigenvalue weighted by Gasteiger charge is -2.13. The number of hydrogen-bond acceptors (Lipinski definition) is 5. The van der Waals surface area contributed by atoms with Crippen LogP contribution in [-0.2, 0) is 19.5 Å². The minimum atomic E-state index is -0.187. The van der Waals surface area contributed by atoms with E-state index in [1.165, 1.54) is 0 Å². The summed E-state index contributed by atoms with van der Waals surface area (Å²) < 4.78 is 5.46. The van der Waals surface area contributed by atoms with Crippen molar-refractivity contribution in [2.75, 3.05) is 13.2 Å². The number of carbonyl (C=O) groups is 1. The van der Waals surface area contributed by atoms with E-state index in [0.29, 0.717) is 31.3 Å². The van der Waals surface area contributed by atoms with Gasteiger partial charge in [0.2, 0.25) is 5.88 Å². The van der Waals surface area contributed by atoms with Crippen LogP contribution in [0.2, 0.25) is 0 Å². The normalized spacial score (nSPS) is 12.9. The smallest absolute Gasteiger partial charge is 0.272 e. The van der Waals surface area contributed by atoms with Crippen molar-refractivity contribution in [3.05, 3.63) is 40.8 Å². The number of amides is 1. The number of hydrogen-bond donors (Lipinski definition) is 3. The van der Waals surface area contributed by atoms with Crippen LogP contribution in [0.4, 0.5) is 0 Å². The molecule has 23 heavy (non-hydrogen) atoms. The van der Waals surface area contributed by atoms with Gasteiger partial charge in [0, 0.05) is 49.1 Å². The molecule has 124 valence electrons. The van der Waals surface area contributed by atoms with E-state index in [4.69, 9.17) is 4.74 Å². The van der Waals surface area contributed by atoms with Crippen molar-refractivity contribution in [1.82, 2.24) is 25.8 Å². The van der Waals surface area contributed by atoms with E-state index in [9.17, 15) is 4.79 Å². The van der Waals surface area contributed by atoms with Crippen LogP contribution in [0.25, 0.3) is 0 Å². The van der Waals surface area contributed by atoms with E-state index in [2.05, 4.69) is 25.8 Å². The van der Waals surface area contributed by atoms with Gasteiger partial charge in [0.05, 0.1) is 6.61 Å². The Morgan fingerprint density at radius 3 is 3.17 bits per heavy atom. The van der Waals surface area contributed by atoms with Crippen molar-refractivity contribution >= 4 is 18.3 Å². The summed E-state index contributed by atoms with van der Waals surface area (Å²) in [7, 11) is 0. The second-order valence-electron chi connectivity index (χ2n) is 5.04. The number of carbonyl (C=O) groups excluding carboxylic acids is 1. The van der Waals surface area contributed by atoms with Crippen LogP contribution in [0, 0.1) is 0 Å². The van der Waals surface area contributed by atoms with Gasteiger partial charge in [-0.15, -0.1) is 12.4 Å². The minimum absolute atomic E-state index is 0. The number of pyridine rings is 1. The van der Waals surface area contributed by atoms with Crippen LogP contribution >= 0.6 is 12.4 Å². The molecule has 0 bridgehead atoms. The van der Waals surface area contributed by atoms with Gasteiger partial charge < -0.3 is 15.4 Å². The summed E-state index contributed by atoms with van der Waals surface area (Å²) in [4.78, 5) is 16.5. The van der Waals surface area contributed by atoms with Crippen LogP contribution in [-0.4, -0.2) is 34.2 Å². The molecular formula is C15H20ClN5O2. The quantitative estimate of drug-likeness (QED) is 0.762. The molecule has 0 aliphatic carbocycles. The zero-order valence-electron chi connectivity index (χ0n) is 12.9. The fourth-order valence-electron chi connectivity index (χ4n) is 2.50. The molecule has 3 heterocycles. The minimum Gasteiger partial charge on any atom is -0.478 e. The summed E-state index contributed by atoms with van der Waals surface area (Å²) in [6.07, 6.45) is 2.54. The Morgan fingerprint density at radius 2 is 2.35 bits per heavy atom. The number of rotatable bonds is 5. The number of H-pyrrole nitrogens is 1. The molecule has 2 aromatic rings. The number of aromatic nitrogens is 3. The Hall–Kier alpha value is -2.12. The van der Waals surface area contributed by atoms with Crippen LogP contribution in [0.3, 0.4) is 0 Å². The lowest BCUT2D eigenvalue weighted by Crippen LogP contribution is -2.28. The highest BCUT2D eigenvalue weighted by molar-refractivity contribution is 5.94. The molecule has 3 N–H and O–H groups in total. The van der Waals surface area contributed by atoms with Gasteiger partial charge in [-0.05, 0) is 13.0 Å². The number of aromatic amines is 1.